The summed E-state index contributed by atoms with van der Waals surface area (Å²) in [5.41, 5.74) is 0.883. The lowest BCUT2D eigenvalue weighted by atomic mass is 10.2. The van der Waals surface area contributed by atoms with E-state index in [0.29, 0.717) is 0 Å². The number of carbonyl (C=O) groups excluding carboxylic acids is 1. The van der Waals surface area contributed by atoms with E-state index in [1.54, 1.807) is 13.0 Å². The van der Waals surface area contributed by atoms with E-state index < -0.39 is 17.8 Å². The molecular weight excluding hydrogens is 251 g/mol. The van der Waals surface area contributed by atoms with E-state index >= 15 is 0 Å². The van der Waals surface area contributed by atoms with E-state index in [9.17, 15) is 14.0 Å². The summed E-state index contributed by atoms with van der Waals surface area (Å²) in [5, 5.41) is 11.2. The van der Waals surface area contributed by atoms with Crippen molar-refractivity contribution in [2.45, 2.75) is 25.8 Å². The summed E-state index contributed by atoms with van der Waals surface area (Å²) in [6.07, 6.45) is 1.58. The summed E-state index contributed by atoms with van der Waals surface area (Å²) < 4.78 is 13.5. The summed E-state index contributed by atoms with van der Waals surface area (Å²) in [6, 6.07) is 3.75. The van der Waals surface area contributed by atoms with Crippen LogP contribution in [0.15, 0.2) is 18.2 Å². The largest absolute Gasteiger partial charge is 0.480 e. The van der Waals surface area contributed by atoms with Gasteiger partial charge in [0.25, 0.3) is 0 Å². The maximum atomic E-state index is 13.5. The topological polar surface area (TPSA) is 69.6 Å². The minimum Gasteiger partial charge on any atom is -0.480 e. The van der Waals surface area contributed by atoms with Crippen LogP contribution in [0.3, 0.4) is 0 Å². The third-order valence-corrected chi connectivity index (χ3v) is 2.92. The number of nitrogens with one attached hydrogen (secondary N) is 1. The second kappa shape index (κ2) is 5.26. The van der Waals surface area contributed by atoms with E-state index in [1.165, 1.54) is 17.0 Å². The number of hydrogen-bond donors (Lipinski definition) is 2. The number of carboxylic acids is 1. The number of benzene rings is 1. The molecule has 1 aliphatic carbocycles. The number of urea groups is 1. The first kappa shape index (κ1) is 13.3. The number of nitrogens with zero attached hydrogens (tertiary/aromatic N) is 1. The number of amides is 2. The Labute approximate surface area is 110 Å². The van der Waals surface area contributed by atoms with Gasteiger partial charge in [-0.05, 0) is 37.5 Å². The standard InChI is InChI=1S/C13H15FN2O3/c1-8-2-5-10(14)11(6-8)15-13(19)16(7-12(17)18)9-3-4-9/h2,5-6,9H,3-4,7H2,1H3,(H,15,19)(H,17,18). The summed E-state index contributed by atoms with van der Waals surface area (Å²) >= 11 is 0. The Morgan fingerprint density at radius 3 is 2.74 bits per heavy atom. The number of halogens is 1. The van der Waals surface area contributed by atoms with Crippen LogP contribution in [0.1, 0.15) is 18.4 Å². The molecule has 1 aromatic carbocycles. The molecule has 0 saturated heterocycles. The molecule has 6 heteroatoms. The van der Waals surface area contributed by atoms with Crippen molar-refractivity contribution in [2.24, 2.45) is 0 Å². The smallest absolute Gasteiger partial charge is 0.323 e. The van der Waals surface area contributed by atoms with Crippen LogP contribution < -0.4 is 5.32 Å². The van der Waals surface area contributed by atoms with E-state index in [4.69, 9.17) is 5.11 Å². The molecule has 1 aliphatic rings. The maximum Gasteiger partial charge on any atom is 0.323 e. The Hall–Kier alpha value is -2.11. The molecular formula is C13H15FN2O3. The van der Waals surface area contributed by atoms with Crippen LogP contribution in [0.5, 0.6) is 0 Å². The molecule has 0 atom stereocenters. The Bertz CT molecular complexity index is 515. The molecule has 1 fully saturated rings. The average molecular weight is 266 g/mol. The summed E-state index contributed by atoms with van der Waals surface area (Å²) in [5.74, 6) is -1.61. The molecule has 0 spiro atoms. The normalized spacial score (nSPS) is 14.0. The van der Waals surface area contributed by atoms with Crippen molar-refractivity contribution in [2.75, 3.05) is 11.9 Å². The van der Waals surface area contributed by atoms with Crippen molar-refractivity contribution in [3.63, 3.8) is 0 Å². The zero-order chi connectivity index (χ0) is 14.0. The SMILES string of the molecule is Cc1ccc(F)c(NC(=O)N(CC(=O)O)C2CC2)c1. The van der Waals surface area contributed by atoms with Gasteiger partial charge in [0, 0.05) is 6.04 Å². The lowest BCUT2D eigenvalue weighted by molar-refractivity contribution is -0.137. The molecule has 5 nitrogen and oxygen atoms in total. The van der Waals surface area contributed by atoms with Gasteiger partial charge < -0.3 is 15.3 Å². The Morgan fingerprint density at radius 2 is 2.16 bits per heavy atom. The summed E-state index contributed by atoms with van der Waals surface area (Å²) in [6.45, 7) is 1.41. The van der Waals surface area contributed by atoms with Crippen molar-refractivity contribution in [3.05, 3.63) is 29.6 Å². The molecule has 0 aromatic heterocycles. The van der Waals surface area contributed by atoms with Crippen molar-refractivity contribution < 1.29 is 19.1 Å². The van der Waals surface area contributed by atoms with Gasteiger partial charge in [-0.3, -0.25) is 4.79 Å². The minimum atomic E-state index is -1.08. The summed E-state index contributed by atoms with van der Waals surface area (Å²) in [7, 11) is 0. The fourth-order valence-electron chi connectivity index (χ4n) is 1.82. The lowest BCUT2D eigenvalue weighted by Crippen LogP contribution is -2.40. The molecule has 0 bridgehead atoms. The Balaban J connectivity index is 2.10. The number of carboxylic acid groups (broad SMARTS) is 1. The predicted octanol–water partition coefficient (Wildman–Crippen LogP) is 2.22. The van der Waals surface area contributed by atoms with Crippen molar-refractivity contribution in [1.29, 1.82) is 0 Å². The number of hydrogen-bond acceptors (Lipinski definition) is 2. The van der Waals surface area contributed by atoms with Gasteiger partial charge >= 0.3 is 12.0 Å². The highest BCUT2D eigenvalue weighted by Gasteiger charge is 2.34. The highest BCUT2D eigenvalue weighted by atomic mass is 19.1. The molecule has 0 radical (unpaired) electrons. The third kappa shape index (κ3) is 3.43. The second-order valence-corrected chi connectivity index (χ2v) is 4.67. The molecule has 2 amide bonds. The first-order chi connectivity index (χ1) is 8.97. The van der Waals surface area contributed by atoms with Crippen molar-refractivity contribution in [1.82, 2.24) is 4.90 Å². The molecule has 0 unspecified atom stereocenters. The first-order valence-electron chi connectivity index (χ1n) is 6.03. The Morgan fingerprint density at radius 1 is 1.47 bits per heavy atom. The van der Waals surface area contributed by atoms with Crippen LogP contribution >= 0.6 is 0 Å². The van der Waals surface area contributed by atoms with E-state index in [1.807, 2.05) is 0 Å². The summed E-state index contributed by atoms with van der Waals surface area (Å²) in [4.78, 5) is 23.9. The molecule has 19 heavy (non-hydrogen) atoms. The number of rotatable bonds is 4. The average Bonchev–Trinajstić information content (AvgIpc) is 3.14. The first-order valence-corrected chi connectivity index (χ1v) is 6.03. The number of aliphatic carboxylic acids is 1. The second-order valence-electron chi connectivity index (χ2n) is 4.67. The zero-order valence-corrected chi connectivity index (χ0v) is 10.5. The molecule has 2 rings (SSSR count). The molecule has 0 heterocycles. The molecule has 0 aliphatic heterocycles. The van der Waals surface area contributed by atoms with Crippen LogP contribution in [-0.2, 0) is 4.79 Å². The van der Waals surface area contributed by atoms with Gasteiger partial charge in [0.05, 0.1) is 5.69 Å². The highest BCUT2D eigenvalue weighted by molar-refractivity contribution is 5.92. The Kier molecular flexibility index (Phi) is 3.69. The zero-order valence-electron chi connectivity index (χ0n) is 10.5. The lowest BCUT2D eigenvalue weighted by Gasteiger charge is -2.21. The number of carbonyl (C=O) groups is 2. The monoisotopic (exact) mass is 266 g/mol. The van der Waals surface area contributed by atoms with Gasteiger partial charge in [-0.2, -0.15) is 0 Å². The predicted molar refractivity (Wildman–Crippen MR) is 67.5 cm³/mol. The fraction of sp³-hybridized carbons (Fsp3) is 0.385. The molecule has 1 aromatic rings. The van der Waals surface area contributed by atoms with E-state index in [-0.39, 0.29) is 18.3 Å². The molecule has 1 saturated carbocycles. The van der Waals surface area contributed by atoms with Crippen molar-refractivity contribution >= 4 is 17.7 Å². The van der Waals surface area contributed by atoms with Crippen LogP contribution in [0, 0.1) is 12.7 Å². The quantitative estimate of drug-likeness (QED) is 0.877. The van der Waals surface area contributed by atoms with Crippen LogP contribution in [0.2, 0.25) is 0 Å². The third-order valence-electron chi connectivity index (χ3n) is 2.92. The van der Waals surface area contributed by atoms with Gasteiger partial charge in [-0.1, -0.05) is 6.07 Å². The van der Waals surface area contributed by atoms with Gasteiger partial charge in [0.15, 0.2) is 0 Å². The number of aryl methyl sites for hydroxylation is 1. The van der Waals surface area contributed by atoms with Gasteiger partial charge in [0.2, 0.25) is 0 Å². The van der Waals surface area contributed by atoms with Crippen molar-refractivity contribution in [3.8, 4) is 0 Å². The van der Waals surface area contributed by atoms with E-state index in [0.717, 1.165) is 18.4 Å². The fourth-order valence-corrected chi connectivity index (χ4v) is 1.82. The van der Waals surface area contributed by atoms with Crippen LogP contribution in [-0.4, -0.2) is 34.6 Å². The molecule has 2 N–H and O–H groups in total. The highest BCUT2D eigenvalue weighted by Crippen LogP contribution is 2.27. The number of anilines is 1. The van der Waals surface area contributed by atoms with Gasteiger partial charge in [-0.25, -0.2) is 9.18 Å². The van der Waals surface area contributed by atoms with E-state index in [2.05, 4.69) is 5.32 Å². The van der Waals surface area contributed by atoms with Gasteiger partial charge in [0.1, 0.15) is 12.4 Å². The van der Waals surface area contributed by atoms with Crippen LogP contribution in [0.25, 0.3) is 0 Å². The molecule has 102 valence electrons. The van der Waals surface area contributed by atoms with Gasteiger partial charge in [-0.15, -0.1) is 0 Å². The minimum absolute atomic E-state index is 0.0519. The maximum absolute atomic E-state index is 13.5. The van der Waals surface area contributed by atoms with Crippen LogP contribution in [0.4, 0.5) is 14.9 Å².